The number of benzene rings is 2. The third kappa shape index (κ3) is 3.27. The summed E-state index contributed by atoms with van der Waals surface area (Å²) in [6.45, 7) is 0. The minimum Gasteiger partial charge on any atom is -0.431 e. The highest BCUT2D eigenvalue weighted by Crippen LogP contribution is 2.31. The average molecular weight is 361 g/mol. The molecule has 0 bridgehead atoms. The van der Waals surface area contributed by atoms with Gasteiger partial charge in [-0.3, -0.25) is 0 Å². The minimum absolute atomic E-state index is 0.219. The molecule has 1 aliphatic rings. The van der Waals surface area contributed by atoms with Crippen LogP contribution in [0.4, 0.5) is 0 Å². The van der Waals surface area contributed by atoms with Crippen molar-refractivity contribution in [2.45, 2.75) is 4.90 Å². The van der Waals surface area contributed by atoms with Gasteiger partial charge in [0.1, 0.15) is 0 Å². The standard InChI is InChI=1S/C18H13ClO4S/c1-24(21,22)15-8-4-13(5-9-15)17(16-10-11-23-18(16)20)12-2-6-14(19)7-3-12/h2-11H,1H3. The number of halogens is 1. The zero-order valence-electron chi connectivity index (χ0n) is 12.7. The van der Waals surface area contributed by atoms with Crippen molar-refractivity contribution in [1.29, 1.82) is 0 Å². The van der Waals surface area contributed by atoms with Crippen LogP contribution in [0.2, 0.25) is 5.02 Å². The average Bonchev–Trinajstić information content (AvgIpc) is 2.95. The Morgan fingerprint density at radius 2 is 1.50 bits per heavy atom. The van der Waals surface area contributed by atoms with Crippen molar-refractivity contribution in [3.63, 3.8) is 0 Å². The van der Waals surface area contributed by atoms with Gasteiger partial charge >= 0.3 is 5.97 Å². The van der Waals surface area contributed by atoms with E-state index in [9.17, 15) is 13.2 Å². The van der Waals surface area contributed by atoms with Crippen LogP contribution in [-0.2, 0) is 19.4 Å². The summed E-state index contributed by atoms with van der Waals surface area (Å²) in [5.41, 5.74) is 2.56. The van der Waals surface area contributed by atoms with E-state index in [1.165, 1.54) is 18.4 Å². The fourth-order valence-corrected chi connectivity index (χ4v) is 3.20. The van der Waals surface area contributed by atoms with Crippen LogP contribution in [0.1, 0.15) is 11.1 Å². The molecular weight excluding hydrogens is 348 g/mol. The summed E-state index contributed by atoms with van der Waals surface area (Å²) in [4.78, 5) is 12.2. The molecule has 24 heavy (non-hydrogen) atoms. The molecule has 0 atom stereocenters. The molecule has 1 heterocycles. The van der Waals surface area contributed by atoms with E-state index < -0.39 is 15.8 Å². The lowest BCUT2D eigenvalue weighted by Gasteiger charge is -2.11. The number of carbonyl (C=O) groups is 1. The largest absolute Gasteiger partial charge is 0.431 e. The Morgan fingerprint density at radius 3 is 1.96 bits per heavy atom. The zero-order chi connectivity index (χ0) is 17.3. The first-order valence-electron chi connectivity index (χ1n) is 7.04. The topological polar surface area (TPSA) is 60.4 Å². The third-order valence-corrected chi connectivity index (χ3v) is 4.98. The molecule has 0 aromatic heterocycles. The van der Waals surface area contributed by atoms with Gasteiger partial charge in [0.05, 0.1) is 16.7 Å². The van der Waals surface area contributed by atoms with Crippen molar-refractivity contribution >= 4 is 33.0 Å². The molecule has 3 rings (SSSR count). The Bertz CT molecular complexity index is 953. The number of sulfone groups is 1. The molecule has 1 aliphatic heterocycles. The van der Waals surface area contributed by atoms with Gasteiger partial charge in [0.15, 0.2) is 9.84 Å². The second kappa shape index (κ2) is 6.26. The van der Waals surface area contributed by atoms with Gasteiger partial charge in [0.25, 0.3) is 0 Å². The van der Waals surface area contributed by atoms with Crippen LogP contribution in [-0.4, -0.2) is 20.6 Å². The molecule has 122 valence electrons. The predicted molar refractivity (Wildman–Crippen MR) is 92.3 cm³/mol. The molecule has 0 fully saturated rings. The molecule has 0 aliphatic carbocycles. The number of cyclic esters (lactones) is 1. The van der Waals surface area contributed by atoms with Crippen LogP contribution in [0.25, 0.3) is 5.57 Å². The van der Waals surface area contributed by atoms with Crippen molar-refractivity contribution in [3.8, 4) is 0 Å². The summed E-state index contributed by atoms with van der Waals surface area (Å²) in [7, 11) is -3.28. The number of rotatable bonds is 3. The molecule has 0 radical (unpaired) electrons. The van der Waals surface area contributed by atoms with Crippen molar-refractivity contribution < 1.29 is 17.9 Å². The van der Waals surface area contributed by atoms with Crippen LogP contribution in [0, 0.1) is 0 Å². The first-order valence-corrected chi connectivity index (χ1v) is 9.31. The quantitative estimate of drug-likeness (QED) is 0.619. The lowest BCUT2D eigenvalue weighted by molar-refractivity contribution is -0.132. The molecule has 4 nitrogen and oxygen atoms in total. The van der Waals surface area contributed by atoms with Crippen LogP contribution in [0.5, 0.6) is 0 Å². The predicted octanol–water partition coefficient (Wildman–Crippen LogP) is 3.62. The highest BCUT2D eigenvalue weighted by atomic mass is 35.5. The Morgan fingerprint density at radius 1 is 0.958 bits per heavy atom. The minimum atomic E-state index is -3.28. The molecule has 6 heteroatoms. The monoisotopic (exact) mass is 360 g/mol. The molecule has 2 aromatic rings. The summed E-state index contributed by atoms with van der Waals surface area (Å²) < 4.78 is 28.1. The fraction of sp³-hybridized carbons (Fsp3) is 0.0556. The Hall–Kier alpha value is -2.37. The molecule has 0 spiro atoms. The van der Waals surface area contributed by atoms with Crippen LogP contribution in [0.15, 0.2) is 71.3 Å². The van der Waals surface area contributed by atoms with Gasteiger partial charge < -0.3 is 4.74 Å². The Balaban J connectivity index is 2.18. The van der Waals surface area contributed by atoms with E-state index in [0.717, 1.165) is 11.8 Å². The van der Waals surface area contributed by atoms with Gasteiger partial charge in [-0.2, -0.15) is 0 Å². The summed E-state index contributed by atoms with van der Waals surface area (Å²) in [5, 5.41) is 0.583. The molecule has 0 unspecified atom stereocenters. The normalized spacial score (nSPS) is 16.2. The molecule has 0 saturated carbocycles. The first kappa shape index (κ1) is 16.5. The van der Waals surface area contributed by atoms with Crippen molar-refractivity contribution in [1.82, 2.24) is 0 Å². The van der Waals surface area contributed by atoms with Crippen molar-refractivity contribution in [2.75, 3.05) is 6.26 Å². The number of hydrogen-bond acceptors (Lipinski definition) is 4. The molecular formula is C18H13ClO4S. The molecule has 2 aromatic carbocycles. The van der Waals surface area contributed by atoms with Crippen molar-refractivity contribution in [3.05, 3.63) is 82.6 Å². The van der Waals surface area contributed by atoms with E-state index in [1.54, 1.807) is 42.5 Å². The molecule has 0 amide bonds. The van der Waals surface area contributed by atoms with E-state index in [2.05, 4.69) is 0 Å². The van der Waals surface area contributed by atoms with Crippen LogP contribution in [0.3, 0.4) is 0 Å². The Labute approximate surface area is 144 Å². The number of ether oxygens (including phenoxy) is 1. The maximum Gasteiger partial charge on any atom is 0.343 e. The van der Waals surface area contributed by atoms with E-state index in [-0.39, 0.29) is 4.90 Å². The maximum absolute atomic E-state index is 12.0. The van der Waals surface area contributed by atoms with E-state index in [0.29, 0.717) is 21.7 Å². The number of carbonyl (C=O) groups excluding carboxylic acids is 1. The summed E-state index contributed by atoms with van der Waals surface area (Å²) >= 11 is 5.93. The van der Waals surface area contributed by atoms with Gasteiger partial charge in [0.2, 0.25) is 0 Å². The van der Waals surface area contributed by atoms with Gasteiger partial charge in [-0.15, -0.1) is 0 Å². The van der Waals surface area contributed by atoms with Crippen LogP contribution >= 0.6 is 11.6 Å². The summed E-state index contributed by atoms with van der Waals surface area (Å²) in [6, 6.07) is 13.4. The highest BCUT2D eigenvalue weighted by molar-refractivity contribution is 7.90. The second-order valence-corrected chi connectivity index (χ2v) is 7.75. The first-order chi connectivity index (χ1) is 11.4. The lowest BCUT2D eigenvalue weighted by atomic mass is 9.93. The SMILES string of the molecule is CS(=O)(=O)c1ccc(C(=C2C=COC2=O)c2ccc(Cl)cc2)cc1. The van der Waals surface area contributed by atoms with E-state index in [1.807, 2.05) is 0 Å². The zero-order valence-corrected chi connectivity index (χ0v) is 14.3. The van der Waals surface area contributed by atoms with Gasteiger partial charge in [-0.1, -0.05) is 35.9 Å². The van der Waals surface area contributed by atoms with Gasteiger partial charge in [-0.25, -0.2) is 13.2 Å². The number of esters is 1. The second-order valence-electron chi connectivity index (χ2n) is 5.30. The summed E-state index contributed by atoms with van der Waals surface area (Å²) in [5.74, 6) is -0.452. The maximum atomic E-state index is 12.0. The lowest BCUT2D eigenvalue weighted by Crippen LogP contribution is -2.02. The van der Waals surface area contributed by atoms with Gasteiger partial charge in [-0.05, 0) is 41.5 Å². The van der Waals surface area contributed by atoms with Gasteiger partial charge in [0, 0.05) is 16.9 Å². The number of hydrogen-bond donors (Lipinski definition) is 0. The smallest absolute Gasteiger partial charge is 0.343 e. The summed E-state index contributed by atoms with van der Waals surface area (Å²) in [6.07, 6.45) is 4.08. The highest BCUT2D eigenvalue weighted by Gasteiger charge is 2.21. The third-order valence-electron chi connectivity index (χ3n) is 3.60. The fourth-order valence-electron chi connectivity index (χ4n) is 2.44. The van der Waals surface area contributed by atoms with E-state index in [4.69, 9.17) is 16.3 Å². The van der Waals surface area contributed by atoms with Crippen LogP contribution < -0.4 is 0 Å². The van der Waals surface area contributed by atoms with E-state index >= 15 is 0 Å². The molecule has 0 N–H and O–H groups in total. The molecule has 0 saturated heterocycles. The Kier molecular flexibility index (Phi) is 4.30. The van der Waals surface area contributed by atoms with Crippen molar-refractivity contribution in [2.24, 2.45) is 0 Å².